The monoisotopic (exact) mass is 300 g/mol. The number of aromatic hydroxyl groups is 1. The Bertz CT molecular complexity index is 741. The van der Waals surface area contributed by atoms with Crippen LogP contribution >= 0.6 is 0 Å². The molecule has 0 saturated carbocycles. The lowest BCUT2D eigenvalue weighted by Crippen LogP contribution is -2.17. The Morgan fingerprint density at radius 3 is 2.82 bits per heavy atom. The maximum absolute atomic E-state index is 11.8. The van der Waals surface area contributed by atoms with Gasteiger partial charge in [-0.2, -0.15) is 5.10 Å². The third kappa shape index (κ3) is 3.42. The molecule has 2 aromatic rings. The summed E-state index contributed by atoms with van der Waals surface area (Å²) in [4.78, 5) is 25.7. The van der Waals surface area contributed by atoms with Crippen LogP contribution in [0.2, 0.25) is 0 Å². The lowest BCUT2D eigenvalue weighted by Gasteiger charge is -2.01. The number of amides is 1. The number of carbonyl (C=O) groups is 1. The molecule has 0 spiro atoms. The molecule has 0 fully saturated rings. The number of carbonyl (C=O) groups excluding carboxylic acids is 1. The number of pyridine rings is 1. The molecule has 0 unspecified atom stereocenters. The average molecular weight is 300 g/mol. The third-order valence-corrected chi connectivity index (χ3v) is 2.79. The molecule has 22 heavy (non-hydrogen) atoms. The largest absolute Gasteiger partial charge is 0.502 e. The summed E-state index contributed by atoms with van der Waals surface area (Å²) in [5.74, 6) is -0.990. The normalized spacial score (nSPS) is 10.6. The second-order valence-corrected chi connectivity index (χ2v) is 4.36. The van der Waals surface area contributed by atoms with Crippen molar-refractivity contribution in [3.63, 3.8) is 0 Å². The van der Waals surface area contributed by atoms with Gasteiger partial charge in [-0.3, -0.25) is 19.9 Å². The molecular formula is C14H12N4O4. The van der Waals surface area contributed by atoms with Crippen LogP contribution in [0.3, 0.4) is 0 Å². The molecule has 0 atom stereocenters. The van der Waals surface area contributed by atoms with Gasteiger partial charge in [-0.25, -0.2) is 5.43 Å². The van der Waals surface area contributed by atoms with Crippen molar-refractivity contribution in [2.24, 2.45) is 5.10 Å². The highest BCUT2D eigenvalue weighted by molar-refractivity contribution is 5.95. The van der Waals surface area contributed by atoms with Gasteiger partial charge in [0.2, 0.25) is 5.75 Å². The minimum absolute atomic E-state index is 0.122. The Morgan fingerprint density at radius 1 is 1.41 bits per heavy atom. The number of nitrogens with one attached hydrogen (secondary N) is 1. The van der Waals surface area contributed by atoms with Gasteiger partial charge in [0.25, 0.3) is 5.91 Å². The Morgan fingerprint density at radius 2 is 2.18 bits per heavy atom. The number of hydrogen-bond acceptors (Lipinski definition) is 6. The topological polar surface area (TPSA) is 118 Å². The van der Waals surface area contributed by atoms with Gasteiger partial charge in [0, 0.05) is 23.5 Å². The minimum Gasteiger partial charge on any atom is -0.502 e. The Kier molecular flexibility index (Phi) is 4.42. The van der Waals surface area contributed by atoms with E-state index in [1.54, 1.807) is 19.1 Å². The van der Waals surface area contributed by atoms with Crippen molar-refractivity contribution in [2.45, 2.75) is 6.92 Å². The summed E-state index contributed by atoms with van der Waals surface area (Å²) in [5, 5.41) is 24.1. The van der Waals surface area contributed by atoms with Crippen molar-refractivity contribution in [3.05, 3.63) is 63.5 Å². The van der Waals surface area contributed by atoms with E-state index < -0.39 is 22.3 Å². The van der Waals surface area contributed by atoms with E-state index >= 15 is 0 Å². The van der Waals surface area contributed by atoms with E-state index in [-0.39, 0.29) is 5.56 Å². The second-order valence-electron chi connectivity index (χ2n) is 4.36. The van der Waals surface area contributed by atoms with E-state index in [0.29, 0.717) is 5.56 Å². The lowest BCUT2D eigenvalue weighted by molar-refractivity contribution is -0.385. The number of rotatable bonds is 4. The van der Waals surface area contributed by atoms with Crippen LogP contribution in [-0.2, 0) is 0 Å². The van der Waals surface area contributed by atoms with Crippen LogP contribution in [0.1, 0.15) is 21.6 Å². The van der Waals surface area contributed by atoms with E-state index in [4.69, 9.17) is 0 Å². The first kappa shape index (κ1) is 15.1. The molecule has 0 aliphatic rings. The molecule has 1 aromatic carbocycles. The van der Waals surface area contributed by atoms with Crippen LogP contribution in [0, 0.1) is 17.0 Å². The van der Waals surface area contributed by atoms with Crippen LogP contribution in [0.4, 0.5) is 5.69 Å². The summed E-state index contributed by atoms with van der Waals surface area (Å²) >= 11 is 0. The Hall–Kier alpha value is -3.29. The van der Waals surface area contributed by atoms with Crippen LogP contribution in [0.25, 0.3) is 0 Å². The van der Waals surface area contributed by atoms with Gasteiger partial charge in [-0.05, 0) is 25.1 Å². The highest BCUT2D eigenvalue weighted by atomic mass is 16.6. The number of phenols is 1. The van der Waals surface area contributed by atoms with Crippen molar-refractivity contribution >= 4 is 17.8 Å². The standard InChI is InChI=1S/C14H12N4O4/c1-9-5-6-11(7-15-9)14(20)17-16-8-10-3-2-4-12(13(10)19)18(21)22/h2-8,19H,1H3,(H,17,20). The molecule has 8 heteroatoms. The first-order valence-corrected chi connectivity index (χ1v) is 6.21. The number of aryl methyl sites for hydroxylation is 1. The summed E-state index contributed by atoms with van der Waals surface area (Å²) in [6, 6.07) is 7.29. The van der Waals surface area contributed by atoms with Gasteiger partial charge in [-0.15, -0.1) is 0 Å². The van der Waals surface area contributed by atoms with E-state index in [1.165, 1.54) is 24.4 Å². The zero-order valence-corrected chi connectivity index (χ0v) is 11.6. The Balaban J connectivity index is 2.10. The van der Waals surface area contributed by atoms with Crippen LogP contribution in [0.5, 0.6) is 5.75 Å². The maximum atomic E-state index is 11.8. The summed E-state index contributed by atoms with van der Waals surface area (Å²) in [6.07, 6.45) is 2.53. The van der Waals surface area contributed by atoms with Crippen molar-refractivity contribution < 1.29 is 14.8 Å². The zero-order valence-electron chi connectivity index (χ0n) is 11.6. The molecular weight excluding hydrogens is 288 g/mol. The fourth-order valence-electron chi connectivity index (χ4n) is 1.63. The summed E-state index contributed by atoms with van der Waals surface area (Å²) in [7, 11) is 0. The molecule has 2 N–H and O–H groups in total. The van der Waals surface area contributed by atoms with Crippen molar-refractivity contribution in [1.29, 1.82) is 0 Å². The Labute approximate surface area is 125 Å². The van der Waals surface area contributed by atoms with E-state index in [1.807, 2.05) is 0 Å². The van der Waals surface area contributed by atoms with E-state index in [0.717, 1.165) is 11.9 Å². The molecule has 0 aliphatic heterocycles. The highest BCUT2D eigenvalue weighted by Crippen LogP contribution is 2.27. The zero-order chi connectivity index (χ0) is 16.1. The number of para-hydroxylation sites is 1. The fraction of sp³-hybridized carbons (Fsp3) is 0.0714. The number of hydrogen-bond donors (Lipinski definition) is 2. The number of nitrogens with zero attached hydrogens (tertiary/aromatic N) is 3. The lowest BCUT2D eigenvalue weighted by atomic mass is 10.2. The van der Waals surface area contributed by atoms with Crippen molar-refractivity contribution in [2.75, 3.05) is 0 Å². The van der Waals surface area contributed by atoms with Crippen molar-refractivity contribution in [1.82, 2.24) is 10.4 Å². The first-order valence-electron chi connectivity index (χ1n) is 6.21. The SMILES string of the molecule is Cc1ccc(C(=O)NN=Cc2cccc([N+](=O)[O-])c2O)cn1. The maximum Gasteiger partial charge on any atom is 0.311 e. The molecule has 1 aromatic heterocycles. The first-order chi connectivity index (χ1) is 10.5. The van der Waals surface area contributed by atoms with Gasteiger partial charge in [0.15, 0.2) is 0 Å². The van der Waals surface area contributed by atoms with Gasteiger partial charge < -0.3 is 5.11 Å². The molecule has 1 heterocycles. The van der Waals surface area contributed by atoms with Crippen molar-refractivity contribution in [3.8, 4) is 5.75 Å². The fourth-order valence-corrected chi connectivity index (χ4v) is 1.63. The summed E-state index contributed by atoms with van der Waals surface area (Å²) in [6.45, 7) is 1.80. The number of nitro groups is 1. The molecule has 0 saturated heterocycles. The second kappa shape index (κ2) is 6.44. The summed E-state index contributed by atoms with van der Waals surface area (Å²) in [5.41, 5.74) is 3.05. The number of benzene rings is 1. The van der Waals surface area contributed by atoms with Gasteiger partial charge in [0.05, 0.1) is 16.7 Å². The molecule has 8 nitrogen and oxygen atoms in total. The van der Waals surface area contributed by atoms with Crippen LogP contribution in [0.15, 0.2) is 41.6 Å². The minimum atomic E-state index is -0.705. The van der Waals surface area contributed by atoms with Crippen LogP contribution < -0.4 is 5.43 Å². The predicted molar refractivity (Wildman–Crippen MR) is 78.8 cm³/mol. The van der Waals surface area contributed by atoms with Gasteiger partial charge in [0.1, 0.15) is 0 Å². The molecule has 0 aliphatic carbocycles. The molecule has 0 bridgehead atoms. The van der Waals surface area contributed by atoms with Gasteiger partial charge >= 0.3 is 5.69 Å². The molecule has 112 valence electrons. The quantitative estimate of drug-likeness (QED) is 0.507. The molecule has 2 rings (SSSR count). The third-order valence-electron chi connectivity index (χ3n) is 2.79. The number of aromatic nitrogens is 1. The number of nitro benzene ring substituents is 1. The number of phenolic OH excluding ortho intramolecular Hbond substituents is 1. The summed E-state index contributed by atoms with van der Waals surface area (Å²) < 4.78 is 0. The van der Waals surface area contributed by atoms with Crippen LogP contribution in [-0.4, -0.2) is 27.1 Å². The van der Waals surface area contributed by atoms with Gasteiger partial charge in [-0.1, -0.05) is 6.07 Å². The highest BCUT2D eigenvalue weighted by Gasteiger charge is 2.15. The average Bonchev–Trinajstić information content (AvgIpc) is 2.49. The smallest absolute Gasteiger partial charge is 0.311 e. The predicted octanol–water partition coefficient (Wildman–Crippen LogP) is 1.77. The van der Waals surface area contributed by atoms with E-state index in [2.05, 4.69) is 15.5 Å². The molecule has 1 amide bonds. The molecule has 0 radical (unpaired) electrons. The van der Waals surface area contributed by atoms with E-state index in [9.17, 15) is 20.0 Å². The number of hydrazone groups is 1.